The zero-order chi connectivity index (χ0) is 9.26. The summed E-state index contributed by atoms with van der Waals surface area (Å²) in [6.07, 6.45) is 0. The highest BCUT2D eigenvalue weighted by Crippen LogP contribution is 2.25. The van der Waals surface area contributed by atoms with Crippen molar-refractivity contribution < 1.29 is 0 Å². The monoisotopic (exact) mass is 170 g/mol. The van der Waals surface area contributed by atoms with Gasteiger partial charge in [0.1, 0.15) is 0 Å². The molecule has 0 bridgehead atoms. The van der Waals surface area contributed by atoms with E-state index in [1.54, 1.807) is 0 Å². The van der Waals surface area contributed by atoms with Crippen molar-refractivity contribution in [2.75, 3.05) is 0 Å². The topological polar surface area (TPSA) is 0 Å². The molecule has 2 aliphatic rings. The molecule has 0 fully saturated rings. The van der Waals surface area contributed by atoms with Crippen molar-refractivity contribution in [3.63, 3.8) is 0 Å². The maximum absolute atomic E-state index is 2.28. The van der Waals surface area contributed by atoms with Gasteiger partial charge in [-0.1, -0.05) is 56.3 Å². The van der Waals surface area contributed by atoms with Crippen LogP contribution in [0.4, 0.5) is 0 Å². The van der Waals surface area contributed by atoms with E-state index in [-0.39, 0.29) is 0 Å². The van der Waals surface area contributed by atoms with Gasteiger partial charge in [0.25, 0.3) is 0 Å². The molecule has 0 atom stereocenters. The fourth-order valence-electron chi connectivity index (χ4n) is 1.58. The highest BCUT2D eigenvalue weighted by molar-refractivity contribution is 5.66. The Labute approximate surface area is 79.6 Å². The molecule has 0 unspecified atom stereocenters. The molecule has 0 N–H and O–H groups in total. The molecule has 0 saturated carbocycles. The molecule has 0 aromatic rings. The van der Waals surface area contributed by atoms with E-state index >= 15 is 0 Å². The second-order valence-electron chi connectivity index (χ2n) is 3.76. The molecular formula is C13H14. The van der Waals surface area contributed by atoms with Crippen LogP contribution in [-0.2, 0) is 0 Å². The molecule has 0 heteroatoms. The lowest BCUT2D eigenvalue weighted by Gasteiger charge is -2.01. The van der Waals surface area contributed by atoms with Gasteiger partial charge in [-0.15, -0.1) is 0 Å². The van der Waals surface area contributed by atoms with E-state index in [1.165, 1.54) is 16.7 Å². The Morgan fingerprint density at radius 2 is 1.46 bits per heavy atom. The summed E-state index contributed by atoms with van der Waals surface area (Å²) in [7, 11) is 0. The van der Waals surface area contributed by atoms with Gasteiger partial charge in [-0.25, -0.2) is 0 Å². The molecule has 66 valence electrons. The summed E-state index contributed by atoms with van der Waals surface area (Å²) in [6.45, 7) is 4.45. The fraction of sp³-hybridized carbons (Fsp3) is 0.231. The summed E-state index contributed by atoms with van der Waals surface area (Å²) < 4.78 is 0. The maximum Gasteiger partial charge on any atom is -0.0181 e. The quantitative estimate of drug-likeness (QED) is 0.608. The predicted molar refractivity (Wildman–Crippen MR) is 57.2 cm³/mol. The average Bonchev–Trinajstić information content (AvgIpc) is 2.42. The Hall–Kier alpha value is -1.30. The summed E-state index contributed by atoms with van der Waals surface area (Å²) >= 11 is 0. The third-order valence-corrected chi connectivity index (χ3v) is 2.44. The molecule has 0 nitrogen and oxygen atoms in total. The van der Waals surface area contributed by atoms with Crippen LogP contribution in [0.5, 0.6) is 0 Å². The Balaban J connectivity index is 2.58. The van der Waals surface area contributed by atoms with Crippen LogP contribution in [-0.4, -0.2) is 0 Å². The number of hydrogen-bond acceptors (Lipinski definition) is 0. The molecule has 0 aromatic heterocycles. The van der Waals surface area contributed by atoms with Crippen LogP contribution in [0, 0.1) is 0 Å². The summed E-state index contributed by atoms with van der Waals surface area (Å²) in [5.74, 6) is 0.602. The van der Waals surface area contributed by atoms with Crippen LogP contribution in [0.3, 0.4) is 0 Å². The van der Waals surface area contributed by atoms with Crippen molar-refractivity contribution >= 4 is 0 Å². The Bertz CT molecular complexity index is 374. The van der Waals surface area contributed by atoms with Crippen LogP contribution < -0.4 is 0 Å². The highest BCUT2D eigenvalue weighted by Gasteiger charge is 2.02. The lowest BCUT2D eigenvalue weighted by Crippen LogP contribution is -1.82. The lowest BCUT2D eigenvalue weighted by molar-refractivity contribution is 0.869. The SMILES string of the molecule is CC(C)c1cccc2cccc-2c1. The summed E-state index contributed by atoms with van der Waals surface area (Å²) in [5, 5.41) is 0. The molecule has 0 aromatic carbocycles. The van der Waals surface area contributed by atoms with Gasteiger partial charge >= 0.3 is 0 Å². The van der Waals surface area contributed by atoms with E-state index in [0.29, 0.717) is 5.92 Å². The molecular weight excluding hydrogens is 156 g/mol. The average molecular weight is 170 g/mol. The van der Waals surface area contributed by atoms with Gasteiger partial charge in [-0.05, 0) is 22.6 Å². The fourth-order valence-corrected chi connectivity index (χ4v) is 1.58. The van der Waals surface area contributed by atoms with Crippen LogP contribution in [0.25, 0.3) is 11.1 Å². The van der Waals surface area contributed by atoms with Gasteiger partial charge in [-0.2, -0.15) is 0 Å². The largest absolute Gasteiger partial charge is 0.0614 e. The van der Waals surface area contributed by atoms with Gasteiger partial charge in [-0.3, -0.25) is 0 Å². The summed E-state index contributed by atoms with van der Waals surface area (Å²) in [6, 6.07) is 15.2. The molecule has 2 aliphatic carbocycles. The number of fused-ring (bicyclic) bond motifs is 1. The highest BCUT2D eigenvalue weighted by atomic mass is 14.1. The minimum atomic E-state index is 0.602. The third-order valence-electron chi connectivity index (χ3n) is 2.44. The van der Waals surface area contributed by atoms with E-state index in [4.69, 9.17) is 0 Å². The van der Waals surface area contributed by atoms with Gasteiger partial charge < -0.3 is 0 Å². The van der Waals surface area contributed by atoms with E-state index in [2.05, 4.69) is 56.3 Å². The molecule has 2 rings (SSSR count). The van der Waals surface area contributed by atoms with Crippen molar-refractivity contribution in [3.8, 4) is 11.1 Å². The lowest BCUT2D eigenvalue weighted by atomic mass is 10.0. The van der Waals surface area contributed by atoms with Gasteiger partial charge in [0.15, 0.2) is 0 Å². The normalized spacial score (nSPS) is 11.0. The Kier molecular flexibility index (Phi) is 2.05. The minimum Gasteiger partial charge on any atom is -0.0614 e. The zero-order valence-corrected chi connectivity index (χ0v) is 8.12. The van der Waals surface area contributed by atoms with Crippen molar-refractivity contribution in [1.29, 1.82) is 0 Å². The van der Waals surface area contributed by atoms with E-state index in [9.17, 15) is 0 Å². The van der Waals surface area contributed by atoms with Crippen LogP contribution >= 0.6 is 0 Å². The second-order valence-corrected chi connectivity index (χ2v) is 3.76. The van der Waals surface area contributed by atoms with Gasteiger partial charge in [0.05, 0.1) is 0 Å². The van der Waals surface area contributed by atoms with Crippen LogP contribution in [0.2, 0.25) is 0 Å². The number of rotatable bonds is 1. The minimum absolute atomic E-state index is 0.602. The summed E-state index contributed by atoms with van der Waals surface area (Å²) in [5.41, 5.74) is 4.07. The zero-order valence-electron chi connectivity index (χ0n) is 8.12. The van der Waals surface area contributed by atoms with Crippen LogP contribution in [0.15, 0.2) is 42.5 Å². The van der Waals surface area contributed by atoms with Crippen molar-refractivity contribution in [1.82, 2.24) is 0 Å². The van der Waals surface area contributed by atoms with Gasteiger partial charge in [0.2, 0.25) is 0 Å². The van der Waals surface area contributed by atoms with Crippen molar-refractivity contribution in [3.05, 3.63) is 48.0 Å². The molecule has 0 heterocycles. The Morgan fingerprint density at radius 3 is 2.15 bits per heavy atom. The van der Waals surface area contributed by atoms with Crippen molar-refractivity contribution in [2.24, 2.45) is 0 Å². The molecule has 0 radical (unpaired) electrons. The second kappa shape index (κ2) is 3.21. The summed E-state index contributed by atoms with van der Waals surface area (Å²) in [4.78, 5) is 0. The van der Waals surface area contributed by atoms with E-state index < -0.39 is 0 Å². The molecule has 0 amide bonds. The molecule has 0 saturated heterocycles. The molecule has 13 heavy (non-hydrogen) atoms. The first kappa shape index (κ1) is 8.31. The smallest absolute Gasteiger partial charge is 0.0181 e. The standard InChI is InChI=1S/C13H14/c1-10(2)12-7-3-5-11-6-4-8-13(11)9-12/h3-10H,1-2H3. The predicted octanol–water partition coefficient (Wildman–Crippen LogP) is 3.91. The molecule has 0 spiro atoms. The van der Waals surface area contributed by atoms with Crippen molar-refractivity contribution in [2.45, 2.75) is 19.8 Å². The Morgan fingerprint density at radius 1 is 0.846 bits per heavy atom. The van der Waals surface area contributed by atoms with E-state index in [1.807, 2.05) is 0 Å². The van der Waals surface area contributed by atoms with E-state index in [0.717, 1.165) is 0 Å². The first-order valence-electron chi connectivity index (χ1n) is 4.76. The number of hydrogen-bond donors (Lipinski definition) is 0. The van der Waals surface area contributed by atoms with Crippen LogP contribution in [0.1, 0.15) is 25.3 Å². The third kappa shape index (κ3) is 1.57. The maximum atomic E-state index is 2.28. The first-order valence-corrected chi connectivity index (χ1v) is 4.76. The van der Waals surface area contributed by atoms with Gasteiger partial charge in [0, 0.05) is 0 Å². The first-order chi connectivity index (χ1) is 6.27. The molecule has 0 aliphatic heterocycles.